The van der Waals surface area contributed by atoms with Crippen LogP contribution in [0, 0.1) is 34.9 Å². The van der Waals surface area contributed by atoms with Gasteiger partial charge in [-0.3, -0.25) is 0 Å². The van der Waals surface area contributed by atoms with Gasteiger partial charge in [0, 0.05) is 28.7 Å². The first-order chi connectivity index (χ1) is 19.6. The van der Waals surface area contributed by atoms with Crippen molar-refractivity contribution < 1.29 is 45.7 Å². The van der Waals surface area contributed by atoms with E-state index < -0.39 is 69.8 Å². The van der Waals surface area contributed by atoms with Gasteiger partial charge in [-0.1, -0.05) is 37.6 Å². The fraction of sp³-hybridized carbons (Fsp3) is 0.323. The van der Waals surface area contributed by atoms with Gasteiger partial charge in [-0.25, -0.2) is 26.7 Å². The Balaban J connectivity index is 1.48. The van der Waals surface area contributed by atoms with Crippen LogP contribution in [0.1, 0.15) is 73.5 Å². The summed E-state index contributed by atoms with van der Waals surface area (Å²) in [6.07, 6.45) is 1.12. The zero-order valence-corrected chi connectivity index (χ0v) is 22.4. The lowest BCUT2D eigenvalue weighted by Crippen LogP contribution is -2.21. The van der Waals surface area contributed by atoms with Gasteiger partial charge >= 0.3 is 5.97 Å². The maximum absolute atomic E-state index is 14.9. The number of esters is 1. The Bertz CT molecular complexity index is 1490. The molecule has 3 aromatic rings. The molecule has 10 heteroatoms. The molecule has 0 fully saturated rings. The van der Waals surface area contributed by atoms with Gasteiger partial charge in [0.2, 0.25) is 5.82 Å². The van der Waals surface area contributed by atoms with E-state index in [-0.39, 0.29) is 49.2 Å². The van der Waals surface area contributed by atoms with E-state index in [4.69, 9.17) is 9.47 Å². The molecule has 0 saturated carbocycles. The highest BCUT2D eigenvalue weighted by molar-refractivity contribution is 5.91. The molecule has 41 heavy (non-hydrogen) atoms. The normalized spacial score (nSPS) is 15.8. The van der Waals surface area contributed by atoms with Crippen molar-refractivity contribution in [1.82, 2.24) is 0 Å². The van der Waals surface area contributed by atoms with Gasteiger partial charge in [0.05, 0.1) is 18.3 Å². The molecular formula is C31H28F6O4. The van der Waals surface area contributed by atoms with E-state index in [0.29, 0.717) is 12.0 Å². The third-order valence-corrected chi connectivity index (χ3v) is 6.95. The van der Waals surface area contributed by atoms with Gasteiger partial charge < -0.3 is 14.6 Å². The predicted octanol–water partition coefficient (Wildman–Crippen LogP) is 8.21. The second-order valence-electron chi connectivity index (χ2n) is 9.63. The molecule has 1 aliphatic carbocycles. The zero-order chi connectivity index (χ0) is 29.8. The third-order valence-electron chi connectivity index (χ3n) is 6.95. The molecule has 0 aromatic heterocycles. The Hall–Kier alpha value is -3.79. The molecule has 218 valence electrons. The minimum Gasteiger partial charge on any atom is -0.491 e. The first-order valence-corrected chi connectivity index (χ1v) is 13.2. The minimum absolute atomic E-state index is 0.0291. The summed E-state index contributed by atoms with van der Waals surface area (Å²) in [6, 6.07) is 6.73. The number of hydrogen-bond acceptors (Lipinski definition) is 4. The number of carbonyl (C=O) groups excluding carboxylic acids is 1. The highest BCUT2D eigenvalue weighted by Crippen LogP contribution is 2.35. The Morgan fingerprint density at radius 3 is 2.12 bits per heavy atom. The summed E-state index contributed by atoms with van der Waals surface area (Å²) in [7, 11) is 0. The van der Waals surface area contributed by atoms with Crippen LogP contribution in [-0.4, -0.2) is 23.8 Å². The summed E-state index contributed by atoms with van der Waals surface area (Å²) >= 11 is 0. The van der Waals surface area contributed by atoms with Crippen molar-refractivity contribution in [3.05, 3.63) is 94.1 Å². The summed E-state index contributed by atoms with van der Waals surface area (Å²) in [6.45, 7) is 3.45. The van der Waals surface area contributed by atoms with Crippen LogP contribution in [0.15, 0.2) is 42.5 Å². The zero-order valence-electron chi connectivity index (χ0n) is 22.4. The molecule has 2 unspecified atom stereocenters. The van der Waals surface area contributed by atoms with Gasteiger partial charge in [-0.2, -0.15) is 4.39 Å². The Labute approximate surface area is 233 Å². The number of aliphatic hydroxyl groups excluding tert-OH is 1. The standard InChI is InChI=1S/C31H28F6O4/c1-3-5-23(38)21-12-10-18(25(32)28(21)35)16-6-8-17(9-7-16)41-31(39)22-13-11-19(26(33)29(22)36)20-14-15-24(40-4-2)30(37)27(20)34/h6,10-15,17,23,38H,3-5,7-9H2,1-2H3. The lowest BCUT2D eigenvalue weighted by Gasteiger charge is -2.23. The van der Waals surface area contributed by atoms with Crippen molar-refractivity contribution in [2.75, 3.05) is 6.61 Å². The number of carbonyl (C=O) groups is 1. The second kappa shape index (κ2) is 12.8. The van der Waals surface area contributed by atoms with E-state index in [0.717, 1.165) is 24.3 Å². The van der Waals surface area contributed by atoms with E-state index in [9.17, 15) is 36.2 Å². The lowest BCUT2D eigenvalue weighted by molar-refractivity contribution is 0.0279. The largest absolute Gasteiger partial charge is 0.491 e. The maximum Gasteiger partial charge on any atom is 0.341 e. The molecule has 0 heterocycles. The SMILES string of the molecule is CCCC(O)c1ccc(C2=CCC(OC(=O)c3ccc(-c4ccc(OCC)c(F)c4F)c(F)c3F)CC2)c(F)c1F. The molecule has 0 saturated heterocycles. The van der Waals surface area contributed by atoms with Crippen molar-refractivity contribution in [2.24, 2.45) is 0 Å². The van der Waals surface area contributed by atoms with E-state index in [1.165, 1.54) is 12.1 Å². The smallest absolute Gasteiger partial charge is 0.341 e. The number of ether oxygens (including phenoxy) is 2. The molecule has 0 bridgehead atoms. The summed E-state index contributed by atoms with van der Waals surface area (Å²) in [5.41, 5.74) is -1.48. The van der Waals surface area contributed by atoms with Gasteiger partial charge in [-0.15, -0.1) is 0 Å². The number of benzene rings is 3. The van der Waals surface area contributed by atoms with E-state index in [1.54, 1.807) is 13.0 Å². The fourth-order valence-corrected chi connectivity index (χ4v) is 4.80. The third kappa shape index (κ3) is 6.12. The fourth-order valence-electron chi connectivity index (χ4n) is 4.80. The quantitative estimate of drug-likeness (QED) is 0.205. The maximum atomic E-state index is 14.9. The molecule has 0 amide bonds. The number of hydrogen-bond donors (Lipinski definition) is 1. The van der Waals surface area contributed by atoms with E-state index >= 15 is 0 Å². The van der Waals surface area contributed by atoms with Gasteiger partial charge in [0.15, 0.2) is 34.8 Å². The van der Waals surface area contributed by atoms with Crippen molar-refractivity contribution in [3.63, 3.8) is 0 Å². The molecular weight excluding hydrogens is 550 g/mol. The lowest BCUT2D eigenvalue weighted by atomic mass is 9.90. The van der Waals surface area contributed by atoms with Crippen LogP contribution in [0.3, 0.4) is 0 Å². The van der Waals surface area contributed by atoms with Crippen molar-refractivity contribution in [1.29, 1.82) is 0 Å². The summed E-state index contributed by atoms with van der Waals surface area (Å²) in [4.78, 5) is 12.6. The molecule has 1 aliphatic rings. The summed E-state index contributed by atoms with van der Waals surface area (Å²) in [5, 5.41) is 10.0. The predicted molar refractivity (Wildman–Crippen MR) is 140 cm³/mol. The molecule has 0 radical (unpaired) electrons. The average Bonchev–Trinajstić information content (AvgIpc) is 2.95. The van der Waals surface area contributed by atoms with Crippen LogP contribution in [0.4, 0.5) is 26.3 Å². The van der Waals surface area contributed by atoms with Gasteiger partial charge in [0.25, 0.3) is 0 Å². The first-order valence-electron chi connectivity index (χ1n) is 13.2. The van der Waals surface area contributed by atoms with Crippen LogP contribution >= 0.6 is 0 Å². The molecule has 0 aliphatic heterocycles. The van der Waals surface area contributed by atoms with Crippen LogP contribution in [0.2, 0.25) is 0 Å². The molecule has 4 nitrogen and oxygen atoms in total. The van der Waals surface area contributed by atoms with Crippen LogP contribution in [0.5, 0.6) is 5.75 Å². The van der Waals surface area contributed by atoms with Gasteiger partial charge in [-0.05, 0) is 50.0 Å². The second-order valence-corrected chi connectivity index (χ2v) is 9.63. The monoisotopic (exact) mass is 578 g/mol. The number of aliphatic hydroxyl groups is 1. The minimum atomic E-state index is -1.59. The Morgan fingerprint density at radius 2 is 1.49 bits per heavy atom. The molecule has 1 N–H and O–H groups in total. The highest BCUT2D eigenvalue weighted by atomic mass is 19.2. The molecule has 4 rings (SSSR count). The topological polar surface area (TPSA) is 55.8 Å². The molecule has 3 aromatic carbocycles. The van der Waals surface area contributed by atoms with Crippen molar-refractivity contribution >= 4 is 11.5 Å². The summed E-state index contributed by atoms with van der Waals surface area (Å²) < 4.78 is 98.2. The van der Waals surface area contributed by atoms with Crippen LogP contribution < -0.4 is 4.74 Å². The number of rotatable bonds is 9. The molecule has 0 spiro atoms. The average molecular weight is 579 g/mol. The van der Waals surface area contributed by atoms with Crippen LogP contribution in [-0.2, 0) is 4.74 Å². The highest BCUT2D eigenvalue weighted by Gasteiger charge is 2.28. The number of allylic oxidation sites excluding steroid dienone is 1. The van der Waals surface area contributed by atoms with Gasteiger partial charge in [0.1, 0.15) is 6.10 Å². The van der Waals surface area contributed by atoms with Crippen LogP contribution in [0.25, 0.3) is 16.7 Å². The van der Waals surface area contributed by atoms with Crippen molar-refractivity contribution in [2.45, 2.75) is 58.2 Å². The van der Waals surface area contributed by atoms with E-state index in [1.807, 2.05) is 6.92 Å². The number of halogens is 6. The summed E-state index contributed by atoms with van der Waals surface area (Å²) in [5.74, 6) is -9.68. The molecule has 2 atom stereocenters. The first kappa shape index (κ1) is 30.2. The van der Waals surface area contributed by atoms with Crippen molar-refractivity contribution in [3.8, 4) is 16.9 Å². The van der Waals surface area contributed by atoms with E-state index in [2.05, 4.69) is 0 Å². The Kier molecular flexibility index (Phi) is 9.42. The Morgan fingerprint density at radius 1 is 0.854 bits per heavy atom.